The number of carbonyl (C=O) groups is 1. The van der Waals surface area contributed by atoms with Crippen LogP contribution in [0.3, 0.4) is 0 Å². The van der Waals surface area contributed by atoms with Crippen molar-refractivity contribution in [2.24, 2.45) is 5.73 Å². The van der Waals surface area contributed by atoms with E-state index < -0.39 is 27.8 Å². The van der Waals surface area contributed by atoms with Gasteiger partial charge in [0, 0.05) is 0 Å². The molecular weight excluding hydrogens is 283 g/mol. The van der Waals surface area contributed by atoms with Crippen LogP contribution in [-0.2, 0) is 21.2 Å². The average Bonchev–Trinajstić information content (AvgIpc) is 2.14. The Hall–Kier alpha value is -1.18. The molecule has 0 saturated heterocycles. The molecule has 102 valence electrons. The number of hydrogen-bond acceptors (Lipinski definition) is 4. The van der Waals surface area contributed by atoms with Crippen molar-refractivity contribution in [2.75, 3.05) is 6.26 Å². The van der Waals surface area contributed by atoms with E-state index >= 15 is 0 Å². The summed E-state index contributed by atoms with van der Waals surface area (Å²) in [6, 6.07) is 4.58. The van der Waals surface area contributed by atoms with Gasteiger partial charge in [-0.25, -0.2) is 12.8 Å². The molecule has 18 heavy (non-hydrogen) atoms. The summed E-state index contributed by atoms with van der Waals surface area (Å²) in [5, 5.41) is 0. The molecule has 1 rings (SSSR count). The number of carbonyl (C=O) groups excluding carboxylic acids is 1. The SMILES string of the molecule is CS(=O)(=O)NC(=O)C(N)Cc1cccc(F)c1.Cl. The smallest absolute Gasteiger partial charge is 0.250 e. The van der Waals surface area contributed by atoms with Crippen molar-refractivity contribution in [2.45, 2.75) is 12.5 Å². The first-order valence-corrected chi connectivity index (χ1v) is 6.69. The van der Waals surface area contributed by atoms with Gasteiger partial charge in [0.15, 0.2) is 0 Å². The van der Waals surface area contributed by atoms with Crippen LogP contribution in [0.15, 0.2) is 24.3 Å². The van der Waals surface area contributed by atoms with E-state index in [0.29, 0.717) is 5.56 Å². The Morgan fingerprint density at radius 3 is 2.61 bits per heavy atom. The zero-order chi connectivity index (χ0) is 13.1. The Kier molecular flexibility index (Phi) is 6.23. The molecule has 0 saturated carbocycles. The molecule has 0 radical (unpaired) electrons. The lowest BCUT2D eigenvalue weighted by Crippen LogP contribution is -2.44. The van der Waals surface area contributed by atoms with E-state index in [0.717, 1.165) is 6.26 Å². The number of nitrogens with two attached hydrogens (primary N) is 1. The Labute approximate surface area is 111 Å². The lowest BCUT2D eigenvalue weighted by atomic mass is 10.1. The third-order valence-electron chi connectivity index (χ3n) is 1.97. The maximum absolute atomic E-state index is 12.9. The van der Waals surface area contributed by atoms with Gasteiger partial charge in [0.2, 0.25) is 10.0 Å². The van der Waals surface area contributed by atoms with Crippen molar-refractivity contribution in [1.82, 2.24) is 4.72 Å². The molecule has 1 amide bonds. The number of nitrogens with one attached hydrogen (secondary N) is 1. The van der Waals surface area contributed by atoms with Crippen LogP contribution in [0.25, 0.3) is 0 Å². The topological polar surface area (TPSA) is 89.3 Å². The Balaban J connectivity index is 0.00000289. The largest absolute Gasteiger partial charge is 0.320 e. The first-order valence-electron chi connectivity index (χ1n) is 4.79. The molecule has 5 nitrogen and oxygen atoms in total. The van der Waals surface area contributed by atoms with E-state index in [1.165, 1.54) is 18.2 Å². The molecule has 0 spiro atoms. The summed E-state index contributed by atoms with van der Waals surface area (Å²) in [7, 11) is -3.62. The molecule has 0 fully saturated rings. The number of amides is 1. The standard InChI is InChI=1S/C10H13FN2O3S.ClH/c1-17(15,16)13-10(14)9(12)6-7-3-2-4-8(11)5-7;/h2-5,9H,6,12H2,1H3,(H,13,14);1H. The first-order chi connectivity index (χ1) is 7.78. The van der Waals surface area contributed by atoms with Crippen molar-refractivity contribution in [3.8, 4) is 0 Å². The molecule has 1 unspecified atom stereocenters. The maximum atomic E-state index is 12.9. The van der Waals surface area contributed by atoms with Gasteiger partial charge in [-0.2, -0.15) is 0 Å². The molecule has 0 heterocycles. The quantitative estimate of drug-likeness (QED) is 0.830. The summed E-state index contributed by atoms with van der Waals surface area (Å²) in [6.45, 7) is 0. The van der Waals surface area contributed by atoms with Crippen molar-refractivity contribution in [1.29, 1.82) is 0 Å². The molecule has 0 bridgehead atoms. The van der Waals surface area contributed by atoms with Gasteiger partial charge >= 0.3 is 0 Å². The Morgan fingerprint density at radius 2 is 2.11 bits per heavy atom. The number of hydrogen-bond donors (Lipinski definition) is 2. The van der Waals surface area contributed by atoms with Crippen molar-refractivity contribution in [3.63, 3.8) is 0 Å². The van der Waals surface area contributed by atoms with Crippen LogP contribution >= 0.6 is 12.4 Å². The summed E-state index contributed by atoms with van der Waals surface area (Å²) < 4.78 is 36.2. The van der Waals surface area contributed by atoms with Crippen molar-refractivity contribution >= 4 is 28.3 Å². The highest BCUT2D eigenvalue weighted by molar-refractivity contribution is 7.89. The number of benzene rings is 1. The molecule has 0 aliphatic rings. The van der Waals surface area contributed by atoms with Crippen LogP contribution in [0.5, 0.6) is 0 Å². The average molecular weight is 297 g/mol. The second kappa shape index (κ2) is 6.67. The molecule has 1 atom stereocenters. The molecule has 0 aliphatic carbocycles. The van der Waals surface area contributed by atoms with E-state index in [4.69, 9.17) is 5.73 Å². The van der Waals surface area contributed by atoms with Crippen molar-refractivity contribution < 1.29 is 17.6 Å². The predicted octanol–water partition coefficient (Wildman–Crippen LogP) is 0.193. The van der Waals surface area contributed by atoms with Crippen LogP contribution in [-0.4, -0.2) is 26.6 Å². The normalized spacial score (nSPS) is 12.4. The van der Waals surface area contributed by atoms with Gasteiger partial charge < -0.3 is 5.73 Å². The fourth-order valence-electron chi connectivity index (χ4n) is 1.27. The summed E-state index contributed by atoms with van der Waals surface area (Å²) in [5.41, 5.74) is 6.04. The van der Waals surface area contributed by atoms with Gasteiger partial charge in [-0.3, -0.25) is 9.52 Å². The molecule has 1 aromatic rings. The summed E-state index contributed by atoms with van der Waals surface area (Å²) in [6.07, 6.45) is 0.929. The van der Waals surface area contributed by atoms with E-state index in [2.05, 4.69) is 0 Å². The van der Waals surface area contributed by atoms with E-state index in [-0.39, 0.29) is 18.8 Å². The first kappa shape index (κ1) is 16.8. The van der Waals surface area contributed by atoms with Crippen LogP contribution < -0.4 is 10.5 Å². The third-order valence-corrected chi connectivity index (χ3v) is 2.54. The number of sulfonamides is 1. The third kappa shape index (κ3) is 5.95. The predicted molar refractivity (Wildman–Crippen MR) is 68.3 cm³/mol. The summed E-state index contributed by atoms with van der Waals surface area (Å²) >= 11 is 0. The molecule has 1 aromatic carbocycles. The molecular formula is C10H14ClFN2O3S. The molecule has 0 aliphatic heterocycles. The van der Waals surface area contributed by atoms with E-state index in [1.54, 1.807) is 10.8 Å². The van der Waals surface area contributed by atoms with Gasteiger partial charge in [-0.05, 0) is 24.1 Å². The summed E-state index contributed by atoms with van der Waals surface area (Å²) in [5.74, 6) is -1.24. The van der Waals surface area contributed by atoms with Crippen LogP contribution in [0, 0.1) is 5.82 Å². The Morgan fingerprint density at radius 1 is 1.50 bits per heavy atom. The minimum atomic E-state index is -3.62. The number of rotatable bonds is 4. The minimum absolute atomic E-state index is 0. The highest BCUT2D eigenvalue weighted by Gasteiger charge is 2.17. The van der Waals surface area contributed by atoms with Crippen LogP contribution in [0.2, 0.25) is 0 Å². The zero-order valence-electron chi connectivity index (χ0n) is 9.59. The fourth-order valence-corrected chi connectivity index (χ4v) is 1.79. The molecule has 3 N–H and O–H groups in total. The lowest BCUT2D eigenvalue weighted by molar-refractivity contribution is -0.120. The van der Waals surface area contributed by atoms with E-state index in [1.807, 2.05) is 0 Å². The van der Waals surface area contributed by atoms with Crippen molar-refractivity contribution in [3.05, 3.63) is 35.6 Å². The monoisotopic (exact) mass is 296 g/mol. The van der Waals surface area contributed by atoms with Gasteiger partial charge in [0.1, 0.15) is 5.82 Å². The minimum Gasteiger partial charge on any atom is -0.320 e. The zero-order valence-corrected chi connectivity index (χ0v) is 11.2. The lowest BCUT2D eigenvalue weighted by Gasteiger charge is -2.11. The van der Waals surface area contributed by atoms with E-state index in [9.17, 15) is 17.6 Å². The number of halogens is 2. The fraction of sp³-hybridized carbons (Fsp3) is 0.300. The van der Waals surface area contributed by atoms with Crippen LogP contribution in [0.1, 0.15) is 5.56 Å². The van der Waals surface area contributed by atoms with Crippen LogP contribution in [0.4, 0.5) is 4.39 Å². The van der Waals surface area contributed by atoms with Gasteiger partial charge in [0.25, 0.3) is 5.91 Å². The van der Waals surface area contributed by atoms with Gasteiger partial charge in [0.05, 0.1) is 12.3 Å². The highest BCUT2D eigenvalue weighted by Crippen LogP contribution is 2.05. The molecule has 8 heteroatoms. The second-order valence-corrected chi connectivity index (χ2v) is 5.43. The second-order valence-electron chi connectivity index (χ2n) is 3.68. The van der Waals surface area contributed by atoms with Gasteiger partial charge in [-0.1, -0.05) is 12.1 Å². The van der Waals surface area contributed by atoms with Gasteiger partial charge in [-0.15, -0.1) is 12.4 Å². The summed E-state index contributed by atoms with van der Waals surface area (Å²) in [4.78, 5) is 11.3. The maximum Gasteiger partial charge on any atom is 0.250 e. The Bertz CT molecular complexity index is 522. The highest BCUT2D eigenvalue weighted by atomic mass is 35.5. The molecule has 0 aromatic heterocycles.